The molecule has 2 amide bonds. The van der Waals surface area contributed by atoms with E-state index >= 15 is 0 Å². The predicted octanol–water partition coefficient (Wildman–Crippen LogP) is 3.00. The highest BCUT2D eigenvalue weighted by Crippen LogP contribution is 2.30. The Labute approximate surface area is 145 Å². The molecule has 0 unspecified atom stereocenters. The van der Waals surface area contributed by atoms with Gasteiger partial charge in [0.2, 0.25) is 5.91 Å². The fourth-order valence-electron chi connectivity index (χ4n) is 2.87. The molecule has 0 saturated heterocycles. The highest BCUT2D eigenvalue weighted by molar-refractivity contribution is 6.04. The number of anilines is 2. The second-order valence-corrected chi connectivity index (χ2v) is 5.84. The summed E-state index contributed by atoms with van der Waals surface area (Å²) in [6.07, 6.45) is 1.07. The Morgan fingerprint density at radius 1 is 1.20 bits per heavy atom. The minimum absolute atomic E-state index is 0.0765. The van der Waals surface area contributed by atoms with Crippen molar-refractivity contribution in [3.05, 3.63) is 59.4 Å². The minimum atomic E-state index is -0.383. The fourth-order valence-corrected chi connectivity index (χ4v) is 2.87. The molecule has 0 atom stereocenters. The first-order chi connectivity index (χ1) is 12.1. The van der Waals surface area contributed by atoms with Crippen LogP contribution < -0.4 is 10.2 Å². The molecule has 1 heterocycles. The van der Waals surface area contributed by atoms with Gasteiger partial charge >= 0.3 is 0 Å². The van der Waals surface area contributed by atoms with E-state index in [0.717, 1.165) is 11.3 Å². The van der Waals surface area contributed by atoms with Gasteiger partial charge in [0.15, 0.2) is 0 Å². The zero-order chi connectivity index (χ0) is 17.8. The number of halogens is 1. The standard InChI is InChI=1S/C19H19FN2O3/c1-25-11-10-22-17-8-7-16(12-14(17)4-9-18(22)23)21-19(24)13-2-5-15(20)6-3-13/h2-3,5-8,12H,4,9-11H2,1H3,(H,21,24). The van der Waals surface area contributed by atoms with Crippen LogP contribution in [0.25, 0.3) is 0 Å². The van der Waals surface area contributed by atoms with Crippen molar-refractivity contribution in [2.75, 3.05) is 30.5 Å². The summed E-state index contributed by atoms with van der Waals surface area (Å²) in [7, 11) is 1.60. The summed E-state index contributed by atoms with van der Waals surface area (Å²) in [6.45, 7) is 0.970. The normalized spacial score (nSPS) is 13.5. The third-order valence-corrected chi connectivity index (χ3v) is 4.16. The third-order valence-electron chi connectivity index (χ3n) is 4.16. The molecule has 0 aliphatic carbocycles. The van der Waals surface area contributed by atoms with Crippen LogP contribution in [-0.4, -0.2) is 32.1 Å². The summed E-state index contributed by atoms with van der Waals surface area (Å²) in [4.78, 5) is 26.1. The van der Waals surface area contributed by atoms with Crippen molar-refractivity contribution in [2.45, 2.75) is 12.8 Å². The molecule has 0 radical (unpaired) electrons. The van der Waals surface area contributed by atoms with Crippen LogP contribution in [0, 0.1) is 5.82 Å². The van der Waals surface area contributed by atoms with Crippen molar-refractivity contribution in [1.29, 1.82) is 0 Å². The maximum absolute atomic E-state index is 12.9. The predicted molar refractivity (Wildman–Crippen MR) is 93.3 cm³/mol. The number of fused-ring (bicyclic) bond motifs is 1. The van der Waals surface area contributed by atoms with Crippen molar-refractivity contribution in [3.8, 4) is 0 Å². The van der Waals surface area contributed by atoms with E-state index in [2.05, 4.69) is 5.32 Å². The fraction of sp³-hybridized carbons (Fsp3) is 0.263. The van der Waals surface area contributed by atoms with E-state index in [0.29, 0.717) is 37.2 Å². The monoisotopic (exact) mass is 342 g/mol. The van der Waals surface area contributed by atoms with Crippen LogP contribution in [0.2, 0.25) is 0 Å². The van der Waals surface area contributed by atoms with Crippen LogP contribution in [0.5, 0.6) is 0 Å². The molecule has 6 heteroatoms. The number of hydrogen-bond donors (Lipinski definition) is 1. The zero-order valence-electron chi connectivity index (χ0n) is 13.9. The van der Waals surface area contributed by atoms with E-state index in [9.17, 15) is 14.0 Å². The Balaban J connectivity index is 1.77. The van der Waals surface area contributed by atoms with Gasteiger partial charge in [0.05, 0.1) is 6.61 Å². The molecule has 25 heavy (non-hydrogen) atoms. The largest absolute Gasteiger partial charge is 0.383 e. The lowest BCUT2D eigenvalue weighted by atomic mass is 10.0. The summed E-state index contributed by atoms with van der Waals surface area (Å²) < 4.78 is 18.0. The minimum Gasteiger partial charge on any atom is -0.383 e. The molecule has 2 aromatic carbocycles. The molecular formula is C19H19FN2O3. The SMILES string of the molecule is COCCN1C(=O)CCc2cc(NC(=O)c3ccc(F)cc3)ccc21. The molecule has 3 rings (SSSR count). The first-order valence-electron chi connectivity index (χ1n) is 8.07. The average molecular weight is 342 g/mol. The first-order valence-corrected chi connectivity index (χ1v) is 8.07. The molecule has 5 nitrogen and oxygen atoms in total. The maximum Gasteiger partial charge on any atom is 0.255 e. The third kappa shape index (κ3) is 3.85. The Morgan fingerprint density at radius 3 is 2.68 bits per heavy atom. The van der Waals surface area contributed by atoms with Gasteiger partial charge in [-0.1, -0.05) is 0 Å². The average Bonchev–Trinajstić information content (AvgIpc) is 2.61. The van der Waals surface area contributed by atoms with Gasteiger partial charge in [-0.2, -0.15) is 0 Å². The number of carbonyl (C=O) groups excluding carboxylic acids is 2. The molecule has 1 aliphatic heterocycles. The van der Waals surface area contributed by atoms with E-state index in [1.165, 1.54) is 24.3 Å². The number of amides is 2. The summed E-state index contributed by atoms with van der Waals surface area (Å²) >= 11 is 0. The van der Waals surface area contributed by atoms with Crippen molar-refractivity contribution in [1.82, 2.24) is 0 Å². The second-order valence-electron chi connectivity index (χ2n) is 5.84. The quantitative estimate of drug-likeness (QED) is 0.909. The molecule has 2 aromatic rings. The number of rotatable bonds is 5. The highest BCUT2D eigenvalue weighted by Gasteiger charge is 2.24. The van der Waals surface area contributed by atoms with Crippen molar-refractivity contribution < 1.29 is 18.7 Å². The van der Waals surface area contributed by atoms with Gasteiger partial charge in [-0.25, -0.2) is 4.39 Å². The van der Waals surface area contributed by atoms with E-state index in [1.807, 2.05) is 12.1 Å². The molecular weight excluding hydrogens is 323 g/mol. The molecule has 130 valence electrons. The van der Waals surface area contributed by atoms with Gasteiger partial charge in [-0.05, 0) is 54.4 Å². The van der Waals surface area contributed by atoms with Crippen LogP contribution in [0.1, 0.15) is 22.3 Å². The lowest BCUT2D eigenvalue weighted by Crippen LogP contribution is -2.37. The van der Waals surface area contributed by atoms with E-state index in [1.54, 1.807) is 18.1 Å². The molecule has 0 spiro atoms. The molecule has 0 bridgehead atoms. The van der Waals surface area contributed by atoms with Gasteiger partial charge in [0.25, 0.3) is 5.91 Å². The van der Waals surface area contributed by atoms with Crippen molar-refractivity contribution >= 4 is 23.2 Å². The summed E-state index contributed by atoms with van der Waals surface area (Å²) in [5.74, 6) is -0.609. The van der Waals surface area contributed by atoms with Gasteiger partial charge < -0.3 is 15.0 Å². The maximum atomic E-state index is 12.9. The number of methoxy groups -OCH3 is 1. The second kappa shape index (κ2) is 7.44. The number of nitrogens with one attached hydrogen (secondary N) is 1. The topological polar surface area (TPSA) is 58.6 Å². The number of hydrogen-bond acceptors (Lipinski definition) is 3. The Bertz CT molecular complexity index is 790. The summed E-state index contributed by atoms with van der Waals surface area (Å²) in [5, 5.41) is 2.81. The molecule has 0 fully saturated rings. The Kier molecular flexibility index (Phi) is 5.09. The van der Waals surface area contributed by atoms with Gasteiger partial charge in [0.1, 0.15) is 5.82 Å². The van der Waals surface area contributed by atoms with Crippen LogP contribution in [-0.2, 0) is 16.0 Å². The van der Waals surface area contributed by atoms with Crippen LogP contribution >= 0.6 is 0 Å². The highest BCUT2D eigenvalue weighted by atomic mass is 19.1. The molecule has 0 saturated carbocycles. The molecule has 1 N–H and O–H groups in total. The van der Waals surface area contributed by atoms with Crippen LogP contribution in [0.4, 0.5) is 15.8 Å². The summed E-state index contributed by atoms with van der Waals surface area (Å²) in [5.41, 5.74) is 2.89. The van der Waals surface area contributed by atoms with Crippen LogP contribution in [0.3, 0.4) is 0 Å². The number of carbonyl (C=O) groups is 2. The first kappa shape index (κ1) is 17.1. The van der Waals surface area contributed by atoms with Gasteiger partial charge in [-0.15, -0.1) is 0 Å². The number of benzene rings is 2. The number of aryl methyl sites for hydroxylation is 1. The number of ether oxygens (including phenoxy) is 1. The molecule has 0 aromatic heterocycles. The Morgan fingerprint density at radius 2 is 1.96 bits per heavy atom. The smallest absolute Gasteiger partial charge is 0.255 e. The lowest BCUT2D eigenvalue weighted by molar-refractivity contribution is -0.119. The Hall–Kier alpha value is -2.73. The van der Waals surface area contributed by atoms with Crippen molar-refractivity contribution in [3.63, 3.8) is 0 Å². The zero-order valence-corrected chi connectivity index (χ0v) is 13.9. The van der Waals surface area contributed by atoms with E-state index < -0.39 is 0 Å². The lowest BCUT2D eigenvalue weighted by Gasteiger charge is -2.29. The van der Waals surface area contributed by atoms with Crippen molar-refractivity contribution in [2.24, 2.45) is 0 Å². The molecule has 1 aliphatic rings. The van der Waals surface area contributed by atoms with Crippen LogP contribution in [0.15, 0.2) is 42.5 Å². The number of nitrogens with zero attached hydrogens (tertiary/aromatic N) is 1. The van der Waals surface area contributed by atoms with Gasteiger partial charge in [0, 0.05) is 37.0 Å². The van der Waals surface area contributed by atoms with E-state index in [-0.39, 0.29) is 17.6 Å². The summed E-state index contributed by atoms with van der Waals surface area (Å²) in [6, 6.07) is 10.9. The van der Waals surface area contributed by atoms with E-state index in [4.69, 9.17) is 4.74 Å². The van der Waals surface area contributed by atoms with Gasteiger partial charge in [-0.3, -0.25) is 9.59 Å².